The van der Waals surface area contributed by atoms with E-state index in [1.165, 1.54) is 0 Å². The zero-order chi connectivity index (χ0) is 30.1. The molecule has 3 aromatic rings. The number of nitrogens with one attached hydrogen (secondary N) is 2. The van der Waals surface area contributed by atoms with Crippen molar-refractivity contribution in [3.8, 4) is 17.1 Å². The van der Waals surface area contributed by atoms with Crippen molar-refractivity contribution < 1.29 is 23.8 Å². The van der Waals surface area contributed by atoms with Crippen molar-refractivity contribution >= 4 is 27.1 Å². The summed E-state index contributed by atoms with van der Waals surface area (Å²) >= 11 is 0. The third-order valence-corrected chi connectivity index (χ3v) is 9.12. The summed E-state index contributed by atoms with van der Waals surface area (Å²) in [6.07, 6.45) is 8.86. The van der Waals surface area contributed by atoms with Gasteiger partial charge in [0.05, 0.1) is 24.3 Å². The second-order valence-electron chi connectivity index (χ2n) is 10.7. The van der Waals surface area contributed by atoms with Crippen LogP contribution in [0, 0.1) is 5.92 Å². The number of aryl methyl sites for hydroxylation is 2. The molecule has 1 fully saturated rings. The summed E-state index contributed by atoms with van der Waals surface area (Å²) in [5.41, 5.74) is 4.40. The minimum atomic E-state index is -1.88. The normalized spacial score (nSPS) is 17.2. The molecule has 230 valence electrons. The van der Waals surface area contributed by atoms with E-state index in [-0.39, 0.29) is 11.1 Å². The fraction of sp³-hybridized carbons (Fsp3) is 0.567. The van der Waals surface area contributed by atoms with Crippen LogP contribution in [-0.4, -0.2) is 59.7 Å². The molecule has 0 radical (unpaired) electrons. The van der Waals surface area contributed by atoms with Crippen molar-refractivity contribution in [3.05, 3.63) is 45.9 Å². The predicted molar refractivity (Wildman–Crippen MR) is 163 cm³/mol. The van der Waals surface area contributed by atoms with Gasteiger partial charge < -0.3 is 14.3 Å². The zero-order valence-electron chi connectivity index (χ0n) is 24.8. The Balaban J connectivity index is 1.65. The molecule has 0 saturated carbocycles. The summed E-state index contributed by atoms with van der Waals surface area (Å²) in [4.78, 5) is 39.5. The predicted octanol–water partition coefficient (Wildman–Crippen LogP) is 4.75. The molecule has 0 amide bonds. The fourth-order valence-corrected chi connectivity index (χ4v) is 6.66. The van der Waals surface area contributed by atoms with Crippen LogP contribution in [0.1, 0.15) is 81.6 Å². The Hall–Kier alpha value is -2.90. The van der Waals surface area contributed by atoms with Crippen LogP contribution < -0.4 is 15.9 Å². The zero-order valence-corrected chi connectivity index (χ0v) is 25.6. The van der Waals surface area contributed by atoms with E-state index >= 15 is 0 Å². The average molecular weight is 602 g/mol. The van der Waals surface area contributed by atoms with Gasteiger partial charge >= 0.3 is 0 Å². The number of ether oxygens (including phenoxy) is 1. The van der Waals surface area contributed by atoms with Crippen molar-refractivity contribution in [1.82, 2.24) is 24.5 Å². The molecule has 12 heteroatoms. The Morgan fingerprint density at radius 2 is 2.00 bits per heavy atom. The summed E-state index contributed by atoms with van der Waals surface area (Å²) in [5, 5.41) is 8.16. The second kappa shape index (κ2) is 15.5. The van der Waals surface area contributed by atoms with Gasteiger partial charge in [-0.05, 0) is 68.7 Å². The average Bonchev–Trinajstić information content (AvgIpc) is 3.34. The first-order chi connectivity index (χ1) is 20.4. The molecule has 42 heavy (non-hydrogen) atoms. The Morgan fingerprint density at radius 1 is 1.17 bits per heavy atom. The Labute approximate surface area is 249 Å². The highest BCUT2D eigenvalue weighted by atomic mass is 32.2. The van der Waals surface area contributed by atoms with Crippen molar-refractivity contribution in [2.75, 3.05) is 26.3 Å². The number of benzene rings is 1. The van der Waals surface area contributed by atoms with Crippen molar-refractivity contribution in [3.63, 3.8) is 0 Å². The molecule has 2 unspecified atom stereocenters. The number of hydrogen-bond acceptors (Lipinski definition) is 8. The minimum Gasteiger partial charge on any atom is -0.493 e. The molecule has 0 spiro atoms. The maximum Gasteiger partial charge on any atom is 0.275 e. The third kappa shape index (κ3) is 7.54. The molecule has 2 atom stereocenters. The summed E-state index contributed by atoms with van der Waals surface area (Å²) < 4.78 is 23.2. The Bertz CT molecular complexity index is 1440. The fourth-order valence-electron chi connectivity index (χ4n) is 5.53. The van der Waals surface area contributed by atoms with E-state index in [4.69, 9.17) is 19.8 Å². The second-order valence-corrected chi connectivity index (χ2v) is 12.1. The van der Waals surface area contributed by atoms with Crippen molar-refractivity contribution in [2.45, 2.75) is 78.7 Å². The third-order valence-electron chi connectivity index (χ3n) is 7.73. The van der Waals surface area contributed by atoms with E-state index in [0.29, 0.717) is 66.9 Å². The van der Waals surface area contributed by atoms with E-state index in [0.717, 1.165) is 56.9 Å². The van der Waals surface area contributed by atoms with E-state index in [2.05, 4.69) is 11.9 Å². The van der Waals surface area contributed by atoms with Gasteiger partial charge in [-0.15, -0.1) is 0 Å². The molecule has 0 bridgehead atoms. The lowest BCUT2D eigenvalue weighted by atomic mass is 9.94. The van der Waals surface area contributed by atoms with Crippen LogP contribution in [0.5, 0.6) is 5.75 Å². The molecule has 11 nitrogen and oxygen atoms in total. The summed E-state index contributed by atoms with van der Waals surface area (Å²) in [7, 11) is -1.88. The lowest BCUT2D eigenvalue weighted by molar-refractivity contribution is -0.130. The van der Waals surface area contributed by atoms with E-state index in [1.54, 1.807) is 28.1 Å². The van der Waals surface area contributed by atoms with Crippen LogP contribution >= 0.6 is 0 Å². The van der Waals surface area contributed by atoms with E-state index < -0.39 is 16.1 Å². The number of carbonyl (C=O) groups excluding carboxylic acids is 1. The van der Waals surface area contributed by atoms with Gasteiger partial charge in [-0.3, -0.25) is 19.6 Å². The SMILES string of the molecule is CCCOc1ccc(C(=O)S(=O)N2CCCCC(CCONO)CC2)cc1-c1nc2c(CCC)cn(CC)c2c(=O)[nH]1. The molecule has 1 saturated heterocycles. The number of aromatic nitrogens is 3. The molecule has 1 aliphatic rings. The smallest absolute Gasteiger partial charge is 0.275 e. The highest BCUT2D eigenvalue weighted by Gasteiger charge is 2.26. The molecule has 1 aliphatic heterocycles. The number of nitrogens with zero attached hydrogens (tertiary/aromatic N) is 3. The summed E-state index contributed by atoms with van der Waals surface area (Å²) in [5.74, 6) is 1.18. The van der Waals surface area contributed by atoms with Crippen LogP contribution in [0.2, 0.25) is 0 Å². The van der Waals surface area contributed by atoms with Crippen molar-refractivity contribution in [2.24, 2.45) is 5.92 Å². The first kappa shape index (κ1) is 32.0. The van der Waals surface area contributed by atoms with Crippen LogP contribution in [0.25, 0.3) is 22.4 Å². The van der Waals surface area contributed by atoms with Gasteiger partial charge in [0.25, 0.3) is 10.7 Å². The number of carbonyl (C=O) groups is 1. The molecule has 4 rings (SSSR count). The Morgan fingerprint density at radius 3 is 2.74 bits per heavy atom. The van der Waals surface area contributed by atoms with Gasteiger partial charge in [0.1, 0.15) is 17.1 Å². The van der Waals surface area contributed by atoms with E-state index in [1.807, 2.05) is 24.6 Å². The molecule has 3 heterocycles. The van der Waals surface area contributed by atoms with Crippen LogP contribution in [0.4, 0.5) is 0 Å². The maximum absolute atomic E-state index is 13.6. The van der Waals surface area contributed by atoms with Gasteiger partial charge in [0, 0.05) is 31.4 Å². The number of hydrogen-bond donors (Lipinski definition) is 3. The van der Waals surface area contributed by atoms with Crippen LogP contribution in [0.15, 0.2) is 29.2 Å². The number of rotatable bonds is 13. The largest absolute Gasteiger partial charge is 0.493 e. The maximum atomic E-state index is 13.6. The van der Waals surface area contributed by atoms with E-state index in [9.17, 15) is 13.8 Å². The minimum absolute atomic E-state index is 0.253. The number of fused-ring (bicyclic) bond motifs is 1. The van der Waals surface area contributed by atoms with Gasteiger partial charge in [-0.1, -0.05) is 38.8 Å². The highest BCUT2D eigenvalue weighted by Crippen LogP contribution is 2.31. The molecular formula is C30H43N5O6S. The highest BCUT2D eigenvalue weighted by molar-refractivity contribution is 7.98. The van der Waals surface area contributed by atoms with Crippen LogP contribution in [0.3, 0.4) is 0 Å². The first-order valence-electron chi connectivity index (χ1n) is 15.0. The molecule has 2 aromatic heterocycles. The van der Waals surface area contributed by atoms with Crippen molar-refractivity contribution in [1.29, 1.82) is 0 Å². The monoisotopic (exact) mass is 601 g/mol. The lowest BCUT2D eigenvalue weighted by Crippen LogP contribution is -2.35. The first-order valence-corrected chi connectivity index (χ1v) is 16.1. The quantitative estimate of drug-likeness (QED) is 0.189. The topological polar surface area (TPSA) is 139 Å². The van der Waals surface area contributed by atoms with Gasteiger partial charge in [0.15, 0.2) is 11.0 Å². The molecule has 1 aromatic carbocycles. The van der Waals surface area contributed by atoms with Gasteiger partial charge in [-0.2, -0.15) is 0 Å². The molecular weight excluding hydrogens is 558 g/mol. The standard InChI is InChI=1S/C30H43N5O6S/c1-4-9-23-20-34(6-3)27-26(23)31-28(32-29(27)36)24-19-22(11-12-25(24)40-17-5-2)30(37)42(39)35-15-8-7-10-21(13-16-35)14-18-41-33-38/h11-12,19-21,33,38H,4-10,13-18H2,1-3H3,(H,31,32,36). The number of aromatic amines is 1. The van der Waals surface area contributed by atoms with Crippen LogP contribution in [-0.2, 0) is 28.8 Å². The molecule has 0 aliphatic carbocycles. The summed E-state index contributed by atoms with van der Waals surface area (Å²) in [6.45, 7) is 8.67. The Kier molecular flexibility index (Phi) is 11.8. The summed E-state index contributed by atoms with van der Waals surface area (Å²) in [6, 6.07) is 4.97. The van der Waals surface area contributed by atoms with Gasteiger partial charge in [0.2, 0.25) is 0 Å². The number of H-pyrrole nitrogens is 1. The van der Waals surface area contributed by atoms with Gasteiger partial charge in [-0.25, -0.2) is 13.5 Å². The lowest BCUT2D eigenvalue weighted by Gasteiger charge is -2.26. The molecule has 3 N–H and O–H groups in total.